The van der Waals surface area contributed by atoms with Gasteiger partial charge in [0.2, 0.25) is 11.8 Å². The third kappa shape index (κ3) is 6.82. The van der Waals surface area contributed by atoms with Crippen LogP contribution in [0.25, 0.3) is 0 Å². The zero-order valence-electron chi connectivity index (χ0n) is 19.3. The number of aromatic nitrogens is 3. The van der Waals surface area contributed by atoms with E-state index < -0.39 is 0 Å². The minimum absolute atomic E-state index is 0.106. The van der Waals surface area contributed by atoms with Gasteiger partial charge in [0.05, 0.1) is 25.3 Å². The van der Waals surface area contributed by atoms with Crippen LogP contribution < -0.4 is 15.4 Å². The molecule has 0 radical (unpaired) electrons. The number of carbonyl (C=O) groups is 2. The number of thioether (sulfide) groups is 1. The minimum atomic E-state index is -0.321. The van der Waals surface area contributed by atoms with Gasteiger partial charge in [-0.2, -0.15) is 0 Å². The molecule has 174 valence electrons. The third-order valence-electron chi connectivity index (χ3n) is 4.98. The lowest BCUT2D eigenvalue weighted by Crippen LogP contribution is -2.30. The highest BCUT2D eigenvalue weighted by molar-refractivity contribution is 7.99. The molecule has 2 N–H and O–H groups in total. The molecule has 0 aliphatic rings. The van der Waals surface area contributed by atoms with Crippen LogP contribution in [0.3, 0.4) is 0 Å². The van der Waals surface area contributed by atoms with Gasteiger partial charge in [0, 0.05) is 12.2 Å². The topological polar surface area (TPSA) is 98.1 Å². The van der Waals surface area contributed by atoms with Crippen LogP contribution in [-0.4, -0.2) is 39.4 Å². The van der Waals surface area contributed by atoms with Crippen LogP contribution in [0.5, 0.6) is 5.75 Å². The number of ether oxygens (including phenoxy) is 1. The molecule has 0 unspecified atom stereocenters. The molecule has 2 aromatic carbocycles. The van der Waals surface area contributed by atoms with E-state index in [1.165, 1.54) is 11.8 Å². The van der Waals surface area contributed by atoms with E-state index in [9.17, 15) is 9.59 Å². The quantitative estimate of drug-likeness (QED) is 0.441. The highest BCUT2D eigenvalue weighted by Gasteiger charge is 2.20. The van der Waals surface area contributed by atoms with E-state index in [2.05, 4.69) is 20.8 Å². The zero-order chi connectivity index (χ0) is 23.8. The average Bonchev–Trinajstić information content (AvgIpc) is 3.21. The third-order valence-corrected chi connectivity index (χ3v) is 5.95. The van der Waals surface area contributed by atoms with Gasteiger partial charge in [0.15, 0.2) is 11.0 Å². The first-order valence-electron chi connectivity index (χ1n) is 10.7. The van der Waals surface area contributed by atoms with Crippen molar-refractivity contribution in [3.05, 3.63) is 65.5 Å². The van der Waals surface area contributed by atoms with Gasteiger partial charge in [-0.15, -0.1) is 10.2 Å². The molecular formula is C24H29N5O3S. The fourth-order valence-corrected chi connectivity index (χ4v) is 4.17. The van der Waals surface area contributed by atoms with Crippen molar-refractivity contribution in [1.82, 2.24) is 20.1 Å². The summed E-state index contributed by atoms with van der Waals surface area (Å²) in [7, 11) is 1.61. The largest absolute Gasteiger partial charge is 0.497 e. The molecule has 9 heteroatoms. The van der Waals surface area contributed by atoms with Crippen LogP contribution in [0.4, 0.5) is 5.69 Å². The molecule has 2 amide bonds. The van der Waals surface area contributed by atoms with Crippen molar-refractivity contribution in [1.29, 1.82) is 0 Å². The Morgan fingerprint density at radius 1 is 1.12 bits per heavy atom. The minimum Gasteiger partial charge on any atom is -0.497 e. The molecule has 0 saturated carbocycles. The molecule has 3 rings (SSSR count). The highest BCUT2D eigenvalue weighted by atomic mass is 32.2. The predicted octanol–water partition coefficient (Wildman–Crippen LogP) is 3.77. The molecule has 3 aromatic rings. The number of hydrogen-bond acceptors (Lipinski definition) is 6. The van der Waals surface area contributed by atoms with Crippen LogP contribution in [0.1, 0.15) is 36.8 Å². The number of hydrogen-bond donors (Lipinski definition) is 2. The molecule has 1 heterocycles. The summed E-state index contributed by atoms with van der Waals surface area (Å²) in [5.41, 5.74) is 2.75. The molecule has 8 nitrogen and oxygen atoms in total. The summed E-state index contributed by atoms with van der Waals surface area (Å²) < 4.78 is 7.07. The second kappa shape index (κ2) is 11.5. The highest BCUT2D eigenvalue weighted by Crippen LogP contribution is 2.21. The Labute approximate surface area is 198 Å². The van der Waals surface area contributed by atoms with E-state index in [4.69, 9.17) is 4.74 Å². The van der Waals surface area contributed by atoms with Gasteiger partial charge in [-0.1, -0.05) is 36.0 Å². The number of anilines is 1. The number of amides is 2. The van der Waals surface area contributed by atoms with Crippen molar-refractivity contribution in [3.63, 3.8) is 0 Å². The molecule has 0 fully saturated rings. The number of methoxy groups -OCH3 is 1. The lowest BCUT2D eigenvalue weighted by atomic mass is 10.1. The second-order valence-electron chi connectivity index (χ2n) is 7.61. The number of aryl methyl sites for hydroxylation is 1. The van der Waals surface area contributed by atoms with Crippen molar-refractivity contribution in [2.24, 2.45) is 0 Å². The molecule has 0 aliphatic heterocycles. The van der Waals surface area contributed by atoms with Crippen molar-refractivity contribution in [2.75, 3.05) is 18.2 Å². The summed E-state index contributed by atoms with van der Waals surface area (Å²) in [6.45, 7) is 6.46. The van der Waals surface area contributed by atoms with E-state index in [0.29, 0.717) is 17.5 Å². The van der Waals surface area contributed by atoms with E-state index in [-0.39, 0.29) is 30.0 Å². The van der Waals surface area contributed by atoms with Gasteiger partial charge in [0.25, 0.3) is 0 Å². The Bertz CT molecular complexity index is 1100. The van der Waals surface area contributed by atoms with E-state index in [1.54, 1.807) is 7.11 Å². The van der Waals surface area contributed by atoms with Gasteiger partial charge in [-0.25, -0.2) is 0 Å². The van der Waals surface area contributed by atoms with Gasteiger partial charge in [-0.3, -0.25) is 9.59 Å². The Hall–Kier alpha value is -3.33. The van der Waals surface area contributed by atoms with Gasteiger partial charge < -0.3 is 19.9 Å². The SMILES string of the molecule is CCn1c(SCC(=O)Nc2cccc(C)c2)nnc1[C@H](C)NC(=O)Cc1ccc(OC)cc1. The van der Waals surface area contributed by atoms with E-state index >= 15 is 0 Å². The maximum Gasteiger partial charge on any atom is 0.234 e. The number of carbonyl (C=O) groups excluding carboxylic acids is 2. The number of nitrogens with zero attached hydrogens (tertiary/aromatic N) is 3. The van der Waals surface area contributed by atoms with Crippen LogP contribution in [0, 0.1) is 6.92 Å². The molecule has 0 aliphatic carbocycles. The maximum absolute atomic E-state index is 12.5. The molecule has 0 spiro atoms. The second-order valence-corrected chi connectivity index (χ2v) is 8.55. The smallest absolute Gasteiger partial charge is 0.234 e. The molecule has 0 bridgehead atoms. The fraction of sp³-hybridized carbons (Fsp3) is 0.333. The van der Waals surface area contributed by atoms with Crippen molar-refractivity contribution in [2.45, 2.75) is 44.9 Å². The normalized spacial score (nSPS) is 11.6. The summed E-state index contributed by atoms with van der Waals surface area (Å²) in [6, 6.07) is 14.7. The predicted molar refractivity (Wildman–Crippen MR) is 129 cm³/mol. The number of nitrogens with one attached hydrogen (secondary N) is 2. The summed E-state index contributed by atoms with van der Waals surface area (Å²) in [6.07, 6.45) is 0.259. The molecule has 33 heavy (non-hydrogen) atoms. The number of rotatable bonds is 10. The molecule has 1 atom stereocenters. The van der Waals surface area contributed by atoms with Crippen molar-refractivity contribution in [3.8, 4) is 5.75 Å². The lowest BCUT2D eigenvalue weighted by molar-refractivity contribution is -0.121. The van der Waals surface area contributed by atoms with Crippen LogP contribution in [-0.2, 0) is 22.6 Å². The molecule has 1 aromatic heterocycles. The summed E-state index contributed by atoms with van der Waals surface area (Å²) in [5, 5.41) is 15.0. The van der Waals surface area contributed by atoms with Crippen molar-refractivity contribution < 1.29 is 14.3 Å². The Morgan fingerprint density at radius 2 is 1.88 bits per heavy atom. The summed E-state index contributed by atoms with van der Waals surface area (Å²) in [4.78, 5) is 24.9. The van der Waals surface area contributed by atoms with Gasteiger partial charge in [-0.05, 0) is 56.2 Å². The molecular weight excluding hydrogens is 438 g/mol. The first kappa shape index (κ1) is 24.3. The monoisotopic (exact) mass is 467 g/mol. The van der Waals surface area contributed by atoms with Crippen LogP contribution in [0.2, 0.25) is 0 Å². The Morgan fingerprint density at radius 3 is 2.55 bits per heavy atom. The fourth-order valence-electron chi connectivity index (χ4n) is 3.36. The van der Waals surface area contributed by atoms with E-state index in [1.807, 2.05) is 73.9 Å². The van der Waals surface area contributed by atoms with Crippen molar-refractivity contribution >= 4 is 29.3 Å². The molecule has 0 saturated heterocycles. The summed E-state index contributed by atoms with van der Waals surface area (Å²) in [5.74, 6) is 1.40. The Balaban J connectivity index is 1.56. The number of benzene rings is 2. The Kier molecular flexibility index (Phi) is 8.48. The van der Waals surface area contributed by atoms with E-state index in [0.717, 1.165) is 22.6 Å². The maximum atomic E-state index is 12.5. The van der Waals surface area contributed by atoms with Gasteiger partial charge in [0.1, 0.15) is 5.75 Å². The summed E-state index contributed by atoms with van der Waals surface area (Å²) >= 11 is 1.32. The van der Waals surface area contributed by atoms with Crippen LogP contribution >= 0.6 is 11.8 Å². The standard InChI is InChI=1S/C24H29N5O3S/c1-5-29-23(17(3)25-21(30)14-18-9-11-20(32-4)12-10-18)27-28-24(29)33-15-22(31)26-19-8-6-7-16(2)13-19/h6-13,17H,5,14-15H2,1-4H3,(H,25,30)(H,26,31)/t17-/m0/s1. The zero-order valence-corrected chi connectivity index (χ0v) is 20.1. The first-order valence-corrected chi connectivity index (χ1v) is 11.7. The lowest BCUT2D eigenvalue weighted by Gasteiger charge is -2.15. The first-order chi connectivity index (χ1) is 15.9. The van der Waals surface area contributed by atoms with Crippen LogP contribution in [0.15, 0.2) is 53.7 Å². The van der Waals surface area contributed by atoms with Gasteiger partial charge >= 0.3 is 0 Å². The average molecular weight is 468 g/mol.